The van der Waals surface area contributed by atoms with Gasteiger partial charge in [0.05, 0.1) is 6.04 Å². The second kappa shape index (κ2) is 3.44. The van der Waals surface area contributed by atoms with Gasteiger partial charge in [0.25, 0.3) is 5.91 Å². The summed E-state index contributed by atoms with van der Waals surface area (Å²) >= 11 is 0. The average Bonchev–Trinajstić information content (AvgIpc) is 2.01. The van der Waals surface area contributed by atoms with Gasteiger partial charge in [0.15, 0.2) is 0 Å². The van der Waals surface area contributed by atoms with E-state index in [0.29, 0.717) is 12.3 Å². The monoisotopic (exact) mass is 169 g/mol. The van der Waals surface area contributed by atoms with E-state index in [1.165, 1.54) is 0 Å². The van der Waals surface area contributed by atoms with E-state index in [4.69, 9.17) is 5.73 Å². The molecule has 3 N–H and O–H groups in total. The number of nitrogens with zero attached hydrogens (tertiary/aromatic N) is 1. The summed E-state index contributed by atoms with van der Waals surface area (Å²) in [7, 11) is 0. The zero-order chi connectivity index (χ0) is 9.14. The Kier molecular flexibility index (Phi) is 2.54. The number of rotatable bonds is 2. The van der Waals surface area contributed by atoms with E-state index in [0.717, 1.165) is 0 Å². The summed E-state index contributed by atoms with van der Waals surface area (Å²) < 4.78 is 0. The highest BCUT2D eigenvalue weighted by Gasteiger charge is 2.21. The number of carbonyl (C=O) groups excluding carboxylic acids is 2. The number of hydrogen-bond acceptors (Lipinski definition) is 3. The molecular weight excluding hydrogens is 158 g/mol. The van der Waals surface area contributed by atoms with E-state index in [2.05, 4.69) is 10.3 Å². The van der Waals surface area contributed by atoms with Crippen molar-refractivity contribution in [2.24, 2.45) is 10.7 Å². The molecule has 5 nitrogen and oxygen atoms in total. The quantitative estimate of drug-likeness (QED) is 0.529. The Morgan fingerprint density at radius 3 is 2.83 bits per heavy atom. The van der Waals surface area contributed by atoms with Crippen LogP contribution in [-0.4, -0.2) is 23.7 Å². The highest BCUT2D eigenvalue weighted by molar-refractivity contribution is 6.15. The van der Waals surface area contributed by atoms with Gasteiger partial charge in [0.1, 0.15) is 12.3 Å². The molecule has 1 aliphatic heterocycles. The molecule has 0 spiro atoms. The maximum absolute atomic E-state index is 10.8. The number of amidine groups is 1. The normalized spacial score (nSPS) is 20.0. The third-order valence-corrected chi connectivity index (χ3v) is 1.62. The molecule has 0 aromatic carbocycles. The van der Waals surface area contributed by atoms with Crippen LogP contribution in [0.25, 0.3) is 0 Å². The van der Waals surface area contributed by atoms with Crippen molar-refractivity contribution in [3.63, 3.8) is 0 Å². The van der Waals surface area contributed by atoms with E-state index in [1.807, 2.05) is 6.92 Å². The average molecular weight is 169 g/mol. The largest absolute Gasteiger partial charge is 0.321 e. The van der Waals surface area contributed by atoms with Crippen LogP contribution >= 0.6 is 0 Å². The van der Waals surface area contributed by atoms with Crippen LogP contribution in [0.5, 0.6) is 0 Å². The molecule has 1 heterocycles. The van der Waals surface area contributed by atoms with Gasteiger partial charge in [0.2, 0.25) is 5.91 Å². The van der Waals surface area contributed by atoms with Gasteiger partial charge in [0, 0.05) is 0 Å². The first-order valence-corrected chi connectivity index (χ1v) is 3.80. The number of nitrogens with two attached hydrogens (primary N) is 1. The van der Waals surface area contributed by atoms with Gasteiger partial charge < -0.3 is 11.1 Å². The summed E-state index contributed by atoms with van der Waals surface area (Å²) in [5, 5.41) is 2.46. The van der Waals surface area contributed by atoms with Crippen molar-refractivity contribution in [3.05, 3.63) is 0 Å². The van der Waals surface area contributed by atoms with Gasteiger partial charge in [-0.25, -0.2) is 0 Å². The smallest absolute Gasteiger partial charge is 0.256 e. The molecule has 0 aromatic heterocycles. The van der Waals surface area contributed by atoms with E-state index in [1.54, 1.807) is 0 Å². The van der Waals surface area contributed by atoms with Crippen molar-refractivity contribution < 1.29 is 9.59 Å². The van der Waals surface area contributed by atoms with Crippen molar-refractivity contribution in [2.75, 3.05) is 0 Å². The molecule has 0 fully saturated rings. The second-order valence-corrected chi connectivity index (χ2v) is 2.63. The van der Waals surface area contributed by atoms with Gasteiger partial charge >= 0.3 is 0 Å². The molecule has 0 radical (unpaired) electrons. The Labute approximate surface area is 70.0 Å². The van der Waals surface area contributed by atoms with Gasteiger partial charge in [-0.15, -0.1) is 0 Å². The highest BCUT2D eigenvalue weighted by Crippen LogP contribution is 1.98. The first-order valence-electron chi connectivity index (χ1n) is 3.80. The van der Waals surface area contributed by atoms with Crippen LogP contribution in [-0.2, 0) is 9.59 Å². The Morgan fingerprint density at radius 1 is 1.67 bits per heavy atom. The molecule has 1 atom stereocenters. The lowest BCUT2D eigenvalue weighted by atomic mass is 10.2. The lowest BCUT2D eigenvalue weighted by Gasteiger charge is -2.16. The van der Waals surface area contributed by atoms with Crippen LogP contribution in [0.2, 0.25) is 0 Å². The van der Waals surface area contributed by atoms with Crippen LogP contribution in [0.1, 0.15) is 19.8 Å². The minimum absolute atomic E-state index is 0.167. The molecule has 1 rings (SSSR count). The fourth-order valence-corrected chi connectivity index (χ4v) is 0.895. The predicted molar refractivity (Wildman–Crippen MR) is 43.5 cm³/mol. The van der Waals surface area contributed by atoms with Crippen molar-refractivity contribution in [1.29, 1.82) is 0 Å². The van der Waals surface area contributed by atoms with Crippen molar-refractivity contribution in [2.45, 2.75) is 25.8 Å². The van der Waals surface area contributed by atoms with Crippen LogP contribution in [0.4, 0.5) is 0 Å². The van der Waals surface area contributed by atoms with Crippen LogP contribution in [0.3, 0.4) is 0 Å². The Balaban J connectivity index is 2.76. The molecule has 12 heavy (non-hydrogen) atoms. The zero-order valence-electron chi connectivity index (χ0n) is 6.83. The molecule has 1 unspecified atom stereocenters. The number of carbonyl (C=O) groups is 2. The molecule has 0 bridgehead atoms. The topological polar surface area (TPSA) is 84.5 Å². The van der Waals surface area contributed by atoms with Crippen LogP contribution in [0, 0.1) is 0 Å². The number of nitrogens with one attached hydrogen (secondary N) is 1. The molecular formula is C7H11N3O2. The lowest BCUT2D eigenvalue weighted by Crippen LogP contribution is -2.46. The van der Waals surface area contributed by atoms with Crippen LogP contribution < -0.4 is 11.1 Å². The maximum Gasteiger partial charge on any atom is 0.256 e. The molecule has 1 aliphatic rings. The standard InChI is InChI=1S/C7H11N3O2/c1-2-4(8)7-9-5(11)3-6(12)10-7/h4H,2-3,8H2,1H3,(H,9,10,11,12). The molecule has 0 saturated heterocycles. The summed E-state index contributed by atoms with van der Waals surface area (Å²) in [5.41, 5.74) is 5.57. The SMILES string of the molecule is CCC(N)C1=NC(=O)CC(=O)N1. The number of amides is 2. The minimum atomic E-state index is -0.419. The Bertz CT molecular complexity index is 247. The van der Waals surface area contributed by atoms with Crippen molar-refractivity contribution >= 4 is 17.6 Å². The summed E-state index contributed by atoms with van der Waals surface area (Å²) in [5.74, 6) is -0.453. The van der Waals surface area contributed by atoms with Crippen molar-refractivity contribution in [1.82, 2.24) is 5.32 Å². The van der Waals surface area contributed by atoms with Gasteiger partial charge in [-0.2, -0.15) is 4.99 Å². The van der Waals surface area contributed by atoms with Gasteiger partial charge in [-0.3, -0.25) is 9.59 Å². The minimum Gasteiger partial charge on any atom is -0.321 e. The number of aliphatic imine (C=N–C) groups is 1. The van der Waals surface area contributed by atoms with E-state index in [-0.39, 0.29) is 18.4 Å². The van der Waals surface area contributed by atoms with Gasteiger partial charge in [-0.1, -0.05) is 6.92 Å². The zero-order valence-corrected chi connectivity index (χ0v) is 6.83. The molecule has 0 aromatic rings. The molecule has 66 valence electrons. The van der Waals surface area contributed by atoms with E-state index < -0.39 is 5.91 Å². The molecule has 0 aliphatic carbocycles. The summed E-state index contributed by atoms with van der Waals surface area (Å²) in [6.45, 7) is 1.86. The van der Waals surface area contributed by atoms with Crippen LogP contribution in [0.15, 0.2) is 4.99 Å². The predicted octanol–water partition coefficient (Wildman–Crippen LogP) is -0.831. The molecule has 0 saturated carbocycles. The first kappa shape index (κ1) is 8.86. The first-order chi connectivity index (χ1) is 5.63. The third-order valence-electron chi connectivity index (χ3n) is 1.62. The number of hydrogen-bond donors (Lipinski definition) is 2. The molecule has 2 amide bonds. The lowest BCUT2D eigenvalue weighted by molar-refractivity contribution is -0.127. The van der Waals surface area contributed by atoms with Crippen molar-refractivity contribution in [3.8, 4) is 0 Å². The summed E-state index contributed by atoms with van der Waals surface area (Å²) in [6, 6.07) is -0.349. The summed E-state index contributed by atoms with van der Waals surface area (Å²) in [6.07, 6.45) is 0.478. The fraction of sp³-hybridized carbons (Fsp3) is 0.571. The third kappa shape index (κ3) is 1.88. The second-order valence-electron chi connectivity index (χ2n) is 2.63. The van der Waals surface area contributed by atoms with E-state index >= 15 is 0 Å². The maximum atomic E-state index is 10.8. The molecule has 5 heteroatoms. The highest BCUT2D eigenvalue weighted by atomic mass is 16.2. The van der Waals surface area contributed by atoms with E-state index in [9.17, 15) is 9.59 Å². The Morgan fingerprint density at radius 2 is 2.33 bits per heavy atom. The Hall–Kier alpha value is -1.23. The fourth-order valence-electron chi connectivity index (χ4n) is 0.895. The summed E-state index contributed by atoms with van der Waals surface area (Å²) in [4.78, 5) is 25.3. The van der Waals surface area contributed by atoms with Gasteiger partial charge in [-0.05, 0) is 6.42 Å².